The maximum absolute atomic E-state index is 14.1. The highest BCUT2D eigenvalue weighted by molar-refractivity contribution is 9.10. The van der Waals surface area contributed by atoms with Crippen LogP contribution in [-0.4, -0.2) is 24.6 Å². The monoisotopic (exact) mass is 646 g/mol. The van der Waals surface area contributed by atoms with Gasteiger partial charge in [-0.15, -0.1) is 0 Å². The minimum Gasteiger partial charge on any atom is -0.484 e. The number of anilines is 1. The third-order valence-electron chi connectivity index (χ3n) is 6.76. The molecule has 0 aromatic heterocycles. The summed E-state index contributed by atoms with van der Waals surface area (Å²) < 4.78 is 45.1. The molecule has 3 unspecified atom stereocenters. The lowest BCUT2D eigenvalue weighted by atomic mass is 9.59. The summed E-state index contributed by atoms with van der Waals surface area (Å²) in [7, 11) is 0. The minimum absolute atomic E-state index is 0.101. The number of carbonyl (C=O) groups excluding carboxylic acids is 2. The van der Waals surface area contributed by atoms with E-state index in [2.05, 4.69) is 26.6 Å². The maximum Gasteiger partial charge on any atom is 0.422 e. The van der Waals surface area contributed by atoms with Gasteiger partial charge < -0.3 is 15.4 Å². The molecule has 0 saturated carbocycles. The molecule has 198 valence electrons. The van der Waals surface area contributed by atoms with Crippen molar-refractivity contribution < 1.29 is 27.5 Å². The Hall–Kier alpha value is -2.46. The summed E-state index contributed by atoms with van der Waals surface area (Å²) in [6.07, 6.45) is -4.82. The molecule has 0 aliphatic carbocycles. The molecule has 0 radical (unpaired) electrons. The Labute approximate surface area is 238 Å². The summed E-state index contributed by atoms with van der Waals surface area (Å²) in [5.74, 6) is -1.98. The second-order valence-electron chi connectivity index (χ2n) is 9.02. The van der Waals surface area contributed by atoms with Crippen molar-refractivity contribution >= 4 is 68.2 Å². The molecule has 5 rings (SSSR count). The zero-order valence-electron chi connectivity index (χ0n) is 19.1. The van der Waals surface area contributed by atoms with Crippen molar-refractivity contribution in [1.29, 1.82) is 0 Å². The van der Waals surface area contributed by atoms with Crippen molar-refractivity contribution in [1.82, 2.24) is 5.32 Å². The molecule has 5 nitrogen and oxygen atoms in total. The van der Waals surface area contributed by atoms with Gasteiger partial charge in [0.25, 0.3) is 0 Å². The molecule has 1 saturated heterocycles. The van der Waals surface area contributed by atoms with Gasteiger partial charge in [-0.05, 0) is 59.7 Å². The fourth-order valence-electron chi connectivity index (χ4n) is 5.34. The molecule has 2 amide bonds. The lowest BCUT2D eigenvalue weighted by Crippen LogP contribution is -2.57. The molecule has 0 bridgehead atoms. The third kappa shape index (κ3) is 4.74. The topological polar surface area (TPSA) is 67.4 Å². The van der Waals surface area contributed by atoms with Gasteiger partial charge in [0.05, 0.1) is 6.04 Å². The van der Waals surface area contributed by atoms with Crippen molar-refractivity contribution in [3.63, 3.8) is 0 Å². The van der Waals surface area contributed by atoms with Gasteiger partial charge in [0.15, 0.2) is 6.61 Å². The average molecular weight is 649 g/mol. The van der Waals surface area contributed by atoms with Crippen LogP contribution in [0.4, 0.5) is 18.9 Å². The average Bonchev–Trinajstić information content (AvgIpc) is 3.11. The van der Waals surface area contributed by atoms with Gasteiger partial charge in [-0.3, -0.25) is 9.59 Å². The number of ether oxygens (including phenoxy) is 1. The minimum atomic E-state index is -4.60. The SMILES string of the molecule is O=C1CC(c2cc(Br)ccc2OCC(F)(F)F)C2(C(=O)Nc3cc(Cl)ccc32)C(c2cc(Cl)ccc2Cl)N1. The van der Waals surface area contributed by atoms with E-state index in [0.717, 1.165) is 0 Å². The number of fused-ring (bicyclic) bond motifs is 2. The molecule has 38 heavy (non-hydrogen) atoms. The van der Waals surface area contributed by atoms with E-state index < -0.39 is 42.0 Å². The first kappa shape index (κ1) is 27.1. The van der Waals surface area contributed by atoms with E-state index in [1.807, 2.05) is 0 Å². The molecule has 3 aromatic carbocycles. The highest BCUT2D eigenvalue weighted by Crippen LogP contribution is 2.59. The van der Waals surface area contributed by atoms with E-state index in [4.69, 9.17) is 39.5 Å². The number of piperidine rings is 1. The second kappa shape index (κ2) is 9.93. The molecule has 2 heterocycles. The highest BCUT2D eigenvalue weighted by Gasteiger charge is 2.62. The van der Waals surface area contributed by atoms with Crippen LogP contribution in [0, 0.1) is 0 Å². The number of rotatable bonds is 4. The Kier molecular flexibility index (Phi) is 7.09. The van der Waals surface area contributed by atoms with Crippen molar-refractivity contribution in [3.05, 3.63) is 90.8 Å². The van der Waals surface area contributed by atoms with Crippen LogP contribution in [0.25, 0.3) is 0 Å². The summed E-state index contributed by atoms with van der Waals surface area (Å²) in [5.41, 5.74) is 0.000911. The van der Waals surface area contributed by atoms with Crippen LogP contribution in [0.5, 0.6) is 5.75 Å². The van der Waals surface area contributed by atoms with E-state index in [1.165, 1.54) is 12.1 Å². The van der Waals surface area contributed by atoms with Crippen molar-refractivity contribution in [2.24, 2.45) is 0 Å². The van der Waals surface area contributed by atoms with E-state index in [0.29, 0.717) is 31.3 Å². The number of alkyl halides is 3. The van der Waals surface area contributed by atoms with Crippen LogP contribution in [-0.2, 0) is 15.0 Å². The van der Waals surface area contributed by atoms with Crippen LogP contribution < -0.4 is 15.4 Å². The second-order valence-corrected chi connectivity index (χ2v) is 11.2. The van der Waals surface area contributed by atoms with Gasteiger partial charge in [0.2, 0.25) is 11.8 Å². The maximum atomic E-state index is 14.1. The summed E-state index contributed by atoms with van der Waals surface area (Å²) in [6, 6.07) is 13.0. The standard InChI is InChI=1S/C26H17BrCl3F3N2O3/c27-12-1-6-21(38-11-25(31,32)33)15(7-12)18-10-22(36)35-23(16-8-13(28)3-5-19(16)30)26(18)17-4-2-14(29)9-20(17)34-24(26)37/h1-9,18,23H,10-11H2,(H,34,37)(H,35,36). The Morgan fingerprint density at radius 2 is 1.68 bits per heavy atom. The zero-order valence-corrected chi connectivity index (χ0v) is 23.0. The Morgan fingerprint density at radius 3 is 2.42 bits per heavy atom. The number of halogens is 7. The Morgan fingerprint density at radius 1 is 0.974 bits per heavy atom. The van der Waals surface area contributed by atoms with Crippen molar-refractivity contribution in [2.45, 2.75) is 30.0 Å². The molecular formula is C26H17BrCl3F3N2O3. The van der Waals surface area contributed by atoms with E-state index in [9.17, 15) is 22.8 Å². The number of nitrogens with one attached hydrogen (secondary N) is 2. The Balaban J connectivity index is 1.80. The van der Waals surface area contributed by atoms with Crippen LogP contribution in [0.2, 0.25) is 15.1 Å². The largest absolute Gasteiger partial charge is 0.484 e. The highest BCUT2D eigenvalue weighted by atomic mass is 79.9. The van der Waals surface area contributed by atoms with Crippen molar-refractivity contribution in [2.75, 3.05) is 11.9 Å². The zero-order chi connectivity index (χ0) is 27.4. The molecule has 1 fully saturated rings. The third-order valence-corrected chi connectivity index (χ3v) is 8.07. The number of benzene rings is 3. The van der Waals surface area contributed by atoms with Crippen LogP contribution in [0.15, 0.2) is 59.1 Å². The molecule has 3 aromatic rings. The van der Waals surface area contributed by atoms with Crippen LogP contribution in [0.1, 0.15) is 35.1 Å². The van der Waals surface area contributed by atoms with Gasteiger partial charge in [-0.2, -0.15) is 13.2 Å². The van der Waals surface area contributed by atoms with E-state index >= 15 is 0 Å². The van der Waals surface area contributed by atoms with Gasteiger partial charge in [-0.1, -0.05) is 56.8 Å². The van der Waals surface area contributed by atoms with Crippen LogP contribution >= 0.6 is 50.7 Å². The van der Waals surface area contributed by atoms with Gasteiger partial charge >= 0.3 is 6.18 Å². The smallest absolute Gasteiger partial charge is 0.422 e. The van der Waals surface area contributed by atoms with Crippen molar-refractivity contribution in [3.8, 4) is 5.75 Å². The van der Waals surface area contributed by atoms with Gasteiger partial charge in [0.1, 0.15) is 11.2 Å². The van der Waals surface area contributed by atoms with E-state index in [1.54, 1.807) is 42.5 Å². The molecule has 2 aliphatic rings. The quantitative estimate of drug-likeness (QED) is 0.307. The van der Waals surface area contributed by atoms with E-state index in [-0.39, 0.29) is 22.8 Å². The summed E-state index contributed by atoms with van der Waals surface area (Å²) >= 11 is 22.4. The first-order valence-electron chi connectivity index (χ1n) is 11.2. The predicted octanol–water partition coefficient (Wildman–Crippen LogP) is 7.59. The molecule has 2 N–H and O–H groups in total. The predicted molar refractivity (Wildman–Crippen MR) is 142 cm³/mol. The number of carbonyl (C=O) groups is 2. The van der Waals surface area contributed by atoms with Gasteiger partial charge in [0, 0.05) is 43.1 Å². The normalized spacial score (nSPS) is 22.7. The summed E-state index contributed by atoms with van der Waals surface area (Å²) in [5, 5.41) is 6.69. The molecule has 2 aliphatic heterocycles. The Bertz CT molecular complexity index is 1470. The van der Waals surface area contributed by atoms with Gasteiger partial charge in [-0.25, -0.2) is 0 Å². The molecule has 12 heteroatoms. The molecule has 3 atom stereocenters. The molecule has 1 spiro atoms. The summed E-state index contributed by atoms with van der Waals surface area (Å²) in [6.45, 7) is -1.55. The number of hydrogen-bond donors (Lipinski definition) is 2. The molecular weight excluding hydrogens is 632 g/mol. The van der Waals surface area contributed by atoms with Crippen LogP contribution in [0.3, 0.4) is 0 Å². The fraction of sp³-hybridized carbons (Fsp3) is 0.231. The first-order chi connectivity index (χ1) is 17.9. The summed E-state index contributed by atoms with van der Waals surface area (Å²) in [4.78, 5) is 27.3. The fourth-order valence-corrected chi connectivity index (χ4v) is 6.30. The number of amides is 2. The lowest BCUT2D eigenvalue weighted by Gasteiger charge is -2.46. The first-order valence-corrected chi connectivity index (χ1v) is 13.2. The number of hydrogen-bond acceptors (Lipinski definition) is 3. The lowest BCUT2D eigenvalue weighted by molar-refractivity contribution is -0.153.